The molecular formula is C8H14O5. The Labute approximate surface area is 76.6 Å². The summed E-state index contributed by atoms with van der Waals surface area (Å²) in [5, 5.41) is 16.4. The van der Waals surface area contributed by atoms with Gasteiger partial charge in [0.15, 0.2) is 6.10 Å². The molecule has 0 spiro atoms. The first-order valence-electron chi connectivity index (χ1n) is 3.54. The molecule has 0 heterocycles. The topological polar surface area (TPSA) is 83.8 Å². The molecule has 0 fully saturated rings. The maximum absolute atomic E-state index is 10.1. The number of rotatable bonds is 4. The fourth-order valence-electron chi connectivity index (χ4n) is 0.430. The molecule has 0 saturated heterocycles. The molecule has 5 nitrogen and oxygen atoms in total. The van der Waals surface area contributed by atoms with Crippen molar-refractivity contribution in [2.45, 2.75) is 19.4 Å². The third kappa shape index (κ3) is 10.6. The number of carboxylic acid groups (broad SMARTS) is 2. The molecule has 0 amide bonds. The van der Waals surface area contributed by atoms with E-state index in [4.69, 9.17) is 10.2 Å². The first-order valence-corrected chi connectivity index (χ1v) is 3.54. The smallest absolute Gasteiger partial charge is 0.333 e. The van der Waals surface area contributed by atoms with E-state index in [1.807, 2.05) is 6.92 Å². The Kier molecular flexibility index (Phi) is 9.53. The van der Waals surface area contributed by atoms with Crippen molar-refractivity contribution in [1.82, 2.24) is 0 Å². The van der Waals surface area contributed by atoms with Gasteiger partial charge in [-0.1, -0.05) is 6.08 Å². The number of hydrogen-bond donors (Lipinski definition) is 2. The van der Waals surface area contributed by atoms with E-state index in [9.17, 15) is 9.59 Å². The van der Waals surface area contributed by atoms with Gasteiger partial charge in [0.1, 0.15) is 0 Å². The Morgan fingerprint density at radius 2 is 1.92 bits per heavy atom. The minimum absolute atomic E-state index is 0.508. The summed E-state index contributed by atoms with van der Waals surface area (Å²) < 4.78 is 4.34. The van der Waals surface area contributed by atoms with Crippen LogP contribution in [0.25, 0.3) is 0 Å². The molecular weight excluding hydrogens is 176 g/mol. The summed E-state index contributed by atoms with van der Waals surface area (Å²) in [6.07, 6.45) is 0.00347. The average Bonchev–Trinajstić information content (AvgIpc) is 2.00. The van der Waals surface area contributed by atoms with Gasteiger partial charge in [0.25, 0.3) is 0 Å². The van der Waals surface area contributed by atoms with Gasteiger partial charge >= 0.3 is 11.9 Å². The molecule has 0 aromatic carbocycles. The Hall–Kier alpha value is -1.36. The second kappa shape index (κ2) is 8.73. The lowest BCUT2D eigenvalue weighted by atomic mass is 10.2. The first kappa shape index (κ1) is 14.2. The number of aliphatic carboxylic acids is 2. The molecule has 1 unspecified atom stereocenters. The predicted octanol–water partition coefficient (Wildman–Crippen LogP) is 0.753. The van der Waals surface area contributed by atoms with E-state index in [0.29, 0.717) is 0 Å². The normalized spacial score (nSPS) is 10.6. The molecule has 2 N–H and O–H groups in total. The predicted molar refractivity (Wildman–Crippen MR) is 46.6 cm³/mol. The van der Waals surface area contributed by atoms with Crippen LogP contribution in [0, 0.1) is 0 Å². The summed E-state index contributed by atoms with van der Waals surface area (Å²) in [4.78, 5) is 20.0. The molecule has 5 heteroatoms. The van der Waals surface area contributed by atoms with Gasteiger partial charge in [-0.05, 0) is 6.92 Å². The van der Waals surface area contributed by atoms with Gasteiger partial charge in [0, 0.05) is 7.11 Å². The van der Waals surface area contributed by atoms with Gasteiger partial charge in [-0.3, -0.25) is 4.79 Å². The zero-order chi connectivity index (χ0) is 10.9. The highest BCUT2D eigenvalue weighted by Gasteiger charge is 2.19. The van der Waals surface area contributed by atoms with E-state index in [-0.39, 0.29) is 0 Å². The molecule has 1 atom stereocenters. The quantitative estimate of drug-likeness (QED) is 0.639. The van der Waals surface area contributed by atoms with Crippen LogP contribution in [-0.2, 0) is 14.3 Å². The molecule has 76 valence electrons. The van der Waals surface area contributed by atoms with E-state index < -0.39 is 24.5 Å². The summed E-state index contributed by atoms with van der Waals surface area (Å²) in [5.74, 6) is -2.45. The number of allylic oxidation sites excluding steroid dienone is 1. The van der Waals surface area contributed by atoms with Crippen LogP contribution in [-0.4, -0.2) is 35.4 Å². The van der Waals surface area contributed by atoms with Gasteiger partial charge in [0.05, 0.1) is 6.42 Å². The summed E-state index contributed by atoms with van der Waals surface area (Å²) in [5.41, 5.74) is 0. The number of ether oxygens (including phenoxy) is 1. The van der Waals surface area contributed by atoms with Crippen molar-refractivity contribution < 1.29 is 24.5 Å². The number of hydrogen-bond acceptors (Lipinski definition) is 3. The fourth-order valence-corrected chi connectivity index (χ4v) is 0.430. The maximum atomic E-state index is 10.1. The summed E-state index contributed by atoms with van der Waals surface area (Å²) in [7, 11) is 1.15. The van der Waals surface area contributed by atoms with Gasteiger partial charge < -0.3 is 14.9 Å². The Balaban J connectivity index is 0. The van der Waals surface area contributed by atoms with Crippen molar-refractivity contribution in [3.05, 3.63) is 12.7 Å². The highest BCUT2D eigenvalue weighted by atomic mass is 16.5. The molecule has 13 heavy (non-hydrogen) atoms. The molecule has 0 rings (SSSR count). The molecule has 0 aromatic heterocycles. The fraction of sp³-hybridized carbons (Fsp3) is 0.500. The summed E-state index contributed by atoms with van der Waals surface area (Å²) in [6.45, 7) is 5.25. The molecule has 0 radical (unpaired) electrons. The van der Waals surface area contributed by atoms with Crippen LogP contribution in [0.1, 0.15) is 13.3 Å². The van der Waals surface area contributed by atoms with Crippen LogP contribution < -0.4 is 0 Å². The van der Waals surface area contributed by atoms with Crippen LogP contribution in [0.5, 0.6) is 0 Å². The molecule has 0 aliphatic carbocycles. The average molecular weight is 190 g/mol. The number of carboxylic acids is 2. The molecule has 0 bridgehead atoms. The van der Waals surface area contributed by atoms with Crippen molar-refractivity contribution in [2.24, 2.45) is 0 Å². The second-order valence-electron chi connectivity index (χ2n) is 2.07. The summed E-state index contributed by atoms with van der Waals surface area (Å²) in [6, 6.07) is 0. The van der Waals surface area contributed by atoms with Crippen LogP contribution in [0.2, 0.25) is 0 Å². The van der Waals surface area contributed by atoms with Crippen molar-refractivity contribution in [1.29, 1.82) is 0 Å². The van der Waals surface area contributed by atoms with E-state index >= 15 is 0 Å². The van der Waals surface area contributed by atoms with Crippen LogP contribution in [0.4, 0.5) is 0 Å². The van der Waals surface area contributed by atoms with Gasteiger partial charge in [0.2, 0.25) is 0 Å². The highest BCUT2D eigenvalue weighted by Crippen LogP contribution is 1.95. The molecule has 0 saturated carbocycles. The minimum atomic E-state index is -1.26. The largest absolute Gasteiger partial charge is 0.481 e. The first-order chi connectivity index (χ1) is 5.99. The Morgan fingerprint density at radius 1 is 1.54 bits per heavy atom. The van der Waals surface area contributed by atoms with E-state index in [2.05, 4.69) is 11.3 Å². The van der Waals surface area contributed by atoms with Crippen LogP contribution in [0.15, 0.2) is 12.7 Å². The lowest BCUT2D eigenvalue weighted by Crippen LogP contribution is -2.25. The van der Waals surface area contributed by atoms with Crippen molar-refractivity contribution in [3.8, 4) is 0 Å². The number of carbonyl (C=O) groups is 2. The SMILES string of the molecule is C=CC.COC(CC(=O)O)C(=O)O. The highest BCUT2D eigenvalue weighted by molar-refractivity contribution is 5.79. The minimum Gasteiger partial charge on any atom is -0.481 e. The standard InChI is InChI=1S/C5H8O5.C3H6/c1-10-3(5(8)9)2-4(6)7;1-3-2/h3H,2H2,1H3,(H,6,7)(H,8,9);3H,1H2,2H3. The van der Waals surface area contributed by atoms with Gasteiger partial charge in [-0.2, -0.15) is 0 Å². The van der Waals surface area contributed by atoms with E-state index in [0.717, 1.165) is 7.11 Å². The third-order valence-corrected chi connectivity index (χ3v) is 0.920. The Bertz CT molecular complexity index is 175. The van der Waals surface area contributed by atoms with Crippen molar-refractivity contribution >= 4 is 11.9 Å². The maximum Gasteiger partial charge on any atom is 0.333 e. The lowest BCUT2D eigenvalue weighted by Gasteiger charge is -2.05. The third-order valence-electron chi connectivity index (χ3n) is 0.920. The number of methoxy groups -OCH3 is 1. The van der Waals surface area contributed by atoms with Gasteiger partial charge in [-0.25, -0.2) is 4.79 Å². The zero-order valence-electron chi connectivity index (χ0n) is 7.69. The molecule has 0 aliphatic rings. The molecule has 0 aromatic rings. The van der Waals surface area contributed by atoms with Gasteiger partial charge in [-0.15, -0.1) is 6.58 Å². The van der Waals surface area contributed by atoms with Crippen molar-refractivity contribution in [2.75, 3.05) is 7.11 Å². The summed E-state index contributed by atoms with van der Waals surface area (Å²) >= 11 is 0. The lowest BCUT2D eigenvalue weighted by molar-refractivity contribution is -0.154. The van der Waals surface area contributed by atoms with E-state index in [1.165, 1.54) is 0 Å². The monoisotopic (exact) mass is 190 g/mol. The van der Waals surface area contributed by atoms with Crippen LogP contribution in [0.3, 0.4) is 0 Å². The van der Waals surface area contributed by atoms with Crippen molar-refractivity contribution in [3.63, 3.8) is 0 Å². The molecule has 0 aliphatic heterocycles. The van der Waals surface area contributed by atoms with E-state index in [1.54, 1.807) is 6.08 Å². The zero-order valence-corrected chi connectivity index (χ0v) is 7.69. The Morgan fingerprint density at radius 3 is 2.00 bits per heavy atom. The second-order valence-corrected chi connectivity index (χ2v) is 2.07. The van der Waals surface area contributed by atoms with Crippen LogP contribution >= 0.6 is 0 Å².